The van der Waals surface area contributed by atoms with Gasteiger partial charge in [0.25, 0.3) is 0 Å². The zero-order valence-electron chi connectivity index (χ0n) is 26.2. The summed E-state index contributed by atoms with van der Waals surface area (Å²) in [5, 5.41) is 0. The summed E-state index contributed by atoms with van der Waals surface area (Å²) >= 11 is 0. The quantitative estimate of drug-likeness (QED) is 0.321. The number of aryl methyl sites for hydroxylation is 6. The third kappa shape index (κ3) is 18.0. The van der Waals surface area contributed by atoms with Crippen molar-refractivity contribution >= 4 is 0 Å². The highest BCUT2D eigenvalue weighted by atomic mass is 14.0. The van der Waals surface area contributed by atoms with E-state index in [0.29, 0.717) is 0 Å². The van der Waals surface area contributed by atoms with Crippen LogP contribution in [0.3, 0.4) is 0 Å². The van der Waals surface area contributed by atoms with E-state index in [-0.39, 0.29) is 0 Å². The van der Waals surface area contributed by atoms with Gasteiger partial charge in [0.05, 0.1) is 0 Å². The van der Waals surface area contributed by atoms with Crippen LogP contribution in [0.1, 0.15) is 116 Å². The Bertz CT molecular complexity index is 746. The molecule has 204 valence electrons. The smallest absolute Gasteiger partial charge is 0.0305 e. The molecule has 3 rings (SSSR count). The van der Waals surface area contributed by atoms with Crippen molar-refractivity contribution in [3.05, 3.63) is 106 Å². The summed E-state index contributed by atoms with van der Waals surface area (Å²) in [6.45, 7) is 25.1. The van der Waals surface area contributed by atoms with E-state index in [0.717, 1.165) is 38.5 Å². The highest BCUT2D eigenvalue weighted by molar-refractivity contribution is 5.26. The fourth-order valence-electron chi connectivity index (χ4n) is 3.33. The van der Waals surface area contributed by atoms with Gasteiger partial charge in [0.2, 0.25) is 0 Å². The van der Waals surface area contributed by atoms with Crippen molar-refractivity contribution in [1.82, 2.24) is 0 Å². The highest BCUT2D eigenvalue weighted by Gasteiger charge is 1.94. The molecule has 3 aromatic rings. The molecule has 0 radical (unpaired) electrons. The van der Waals surface area contributed by atoms with E-state index in [2.05, 4.69) is 114 Å². The summed E-state index contributed by atoms with van der Waals surface area (Å²) in [5.74, 6) is 0. The number of hydrogen-bond donors (Lipinski definition) is 0. The Morgan fingerprint density at radius 3 is 0.889 bits per heavy atom. The van der Waals surface area contributed by atoms with E-state index >= 15 is 0 Å². The van der Waals surface area contributed by atoms with E-state index in [1.807, 2.05) is 41.5 Å². The van der Waals surface area contributed by atoms with Crippen molar-refractivity contribution in [2.45, 2.75) is 122 Å². The van der Waals surface area contributed by atoms with Crippen LogP contribution in [-0.2, 0) is 38.5 Å². The fraction of sp³-hybridized carbons (Fsp3) is 0.500. The minimum absolute atomic E-state index is 1.14. The molecule has 0 aromatic heterocycles. The maximum absolute atomic E-state index is 2.28. The molecule has 0 nitrogen and oxygen atoms in total. The predicted octanol–water partition coefficient (Wildman–Crippen LogP) is 11.5. The fourth-order valence-corrected chi connectivity index (χ4v) is 3.33. The summed E-state index contributed by atoms with van der Waals surface area (Å²) in [6.07, 6.45) is 6.89. The molecule has 0 atom stereocenters. The topological polar surface area (TPSA) is 0 Å². The highest BCUT2D eigenvalue weighted by Crippen LogP contribution is 2.09. The van der Waals surface area contributed by atoms with Gasteiger partial charge in [-0.15, -0.1) is 0 Å². The van der Waals surface area contributed by atoms with E-state index in [1.54, 1.807) is 0 Å². The Kier molecular flexibility index (Phi) is 30.7. The van der Waals surface area contributed by atoms with Crippen molar-refractivity contribution in [2.75, 3.05) is 0 Å². The van der Waals surface area contributed by atoms with Crippen LogP contribution in [0.2, 0.25) is 0 Å². The molecule has 0 aliphatic heterocycles. The van der Waals surface area contributed by atoms with Gasteiger partial charge in [-0.05, 0) is 71.9 Å². The normalized spacial score (nSPS) is 8.67. The van der Waals surface area contributed by atoms with Gasteiger partial charge in [-0.2, -0.15) is 0 Å². The molecule has 0 fully saturated rings. The van der Waals surface area contributed by atoms with Crippen LogP contribution in [0.4, 0.5) is 0 Å². The number of rotatable bonds is 6. The molecule has 0 heteroatoms. The van der Waals surface area contributed by atoms with Gasteiger partial charge in [0, 0.05) is 0 Å². The average molecular weight is 493 g/mol. The molecule has 0 saturated carbocycles. The Balaban J connectivity index is -0.000000410. The molecule has 0 N–H and O–H groups in total. The summed E-state index contributed by atoms with van der Waals surface area (Å²) in [7, 11) is 0. The lowest BCUT2D eigenvalue weighted by molar-refractivity contribution is 1.04. The van der Waals surface area contributed by atoms with Crippen molar-refractivity contribution < 1.29 is 0 Å². The molecule has 0 bridgehead atoms. The van der Waals surface area contributed by atoms with Gasteiger partial charge in [-0.3, -0.25) is 0 Å². The monoisotopic (exact) mass is 492 g/mol. The van der Waals surface area contributed by atoms with Crippen molar-refractivity contribution in [3.63, 3.8) is 0 Å². The van der Waals surface area contributed by atoms with Crippen LogP contribution in [0.25, 0.3) is 0 Å². The number of benzene rings is 3. The van der Waals surface area contributed by atoms with Crippen molar-refractivity contribution in [1.29, 1.82) is 0 Å². The van der Waals surface area contributed by atoms with E-state index in [4.69, 9.17) is 0 Å². The maximum atomic E-state index is 2.28. The van der Waals surface area contributed by atoms with Gasteiger partial charge in [0.15, 0.2) is 0 Å². The molecule has 0 unspecified atom stereocenters. The third-order valence-electron chi connectivity index (χ3n) is 5.53. The summed E-state index contributed by atoms with van der Waals surface area (Å²) < 4.78 is 0. The first-order valence-corrected chi connectivity index (χ1v) is 14.8. The maximum Gasteiger partial charge on any atom is -0.0305 e. The van der Waals surface area contributed by atoms with Gasteiger partial charge < -0.3 is 0 Å². The van der Waals surface area contributed by atoms with Crippen LogP contribution < -0.4 is 0 Å². The molecule has 0 spiro atoms. The lowest BCUT2D eigenvalue weighted by Crippen LogP contribution is -1.88. The molecule has 0 aliphatic rings. The van der Waals surface area contributed by atoms with E-state index < -0.39 is 0 Å². The molecule has 0 saturated heterocycles. The first kappa shape index (κ1) is 38.2. The van der Waals surface area contributed by atoms with Crippen LogP contribution >= 0.6 is 0 Å². The average Bonchev–Trinajstić information content (AvgIpc) is 3.00. The van der Waals surface area contributed by atoms with Gasteiger partial charge in [0.1, 0.15) is 0 Å². The molecule has 0 aliphatic carbocycles. The standard InChI is InChI=1S/3C10H14.3C2H6/c1-3-9-5-7-10(4-2)8-6-9;1-3-9-6-5-7-10(4-2)8-9;1-3-9-7-5-6-8-10(9)4-2;3*1-2/h3*5-8H,3-4H2,1-2H3;3*1-2H3. The molecular formula is C36H60. The zero-order valence-corrected chi connectivity index (χ0v) is 26.2. The van der Waals surface area contributed by atoms with Crippen LogP contribution in [0, 0.1) is 0 Å². The second kappa shape index (κ2) is 28.9. The van der Waals surface area contributed by atoms with Gasteiger partial charge >= 0.3 is 0 Å². The Morgan fingerprint density at radius 1 is 0.333 bits per heavy atom. The van der Waals surface area contributed by atoms with Crippen LogP contribution in [0.15, 0.2) is 72.8 Å². The number of hydrogen-bond acceptors (Lipinski definition) is 0. The van der Waals surface area contributed by atoms with Crippen LogP contribution in [-0.4, -0.2) is 0 Å². The largest absolute Gasteiger partial charge is 0.0683 e. The lowest BCUT2D eigenvalue weighted by Gasteiger charge is -2.02. The van der Waals surface area contributed by atoms with Gasteiger partial charge in [-0.1, -0.05) is 156 Å². The molecule has 36 heavy (non-hydrogen) atoms. The molecular weight excluding hydrogens is 432 g/mol. The minimum Gasteiger partial charge on any atom is -0.0683 e. The first-order valence-electron chi connectivity index (χ1n) is 14.8. The molecule has 0 amide bonds. The summed E-state index contributed by atoms with van der Waals surface area (Å²) in [4.78, 5) is 0. The third-order valence-corrected chi connectivity index (χ3v) is 5.53. The second-order valence-electron chi connectivity index (χ2n) is 7.53. The van der Waals surface area contributed by atoms with Crippen molar-refractivity contribution in [3.8, 4) is 0 Å². The second-order valence-corrected chi connectivity index (χ2v) is 7.53. The zero-order chi connectivity index (χ0) is 28.2. The van der Waals surface area contributed by atoms with Gasteiger partial charge in [-0.25, -0.2) is 0 Å². The molecule has 3 aromatic carbocycles. The Hall–Kier alpha value is -2.34. The predicted molar refractivity (Wildman–Crippen MR) is 170 cm³/mol. The summed E-state index contributed by atoms with van der Waals surface area (Å²) in [6, 6.07) is 26.2. The summed E-state index contributed by atoms with van der Waals surface area (Å²) in [5.41, 5.74) is 8.73. The van der Waals surface area contributed by atoms with E-state index in [9.17, 15) is 0 Å². The first-order chi connectivity index (χ1) is 17.6. The minimum atomic E-state index is 1.14. The van der Waals surface area contributed by atoms with Crippen LogP contribution in [0.5, 0.6) is 0 Å². The Labute approximate surface area is 227 Å². The Morgan fingerprint density at radius 2 is 0.639 bits per heavy atom. The SMILES string of the molecule is CC.CC.CC.CCc1ccc(CC)cc1.CCc1cccc(CC)c1.CCc1ccccc1CC. The lowest BCUT2D eigenvalue weighted by atomic mass is 10.0. The van der Waals surface area contributed by atoms with E-state index in [1.165, 1.54) is 33.4 Å². The van der Waals surface area contributed by atoms with Crippen molar-refractivity contribution in [2.24, 2.45) is 0 Å². The molecule has 0 heterocycles.